The lowest BCUT2D eigenvalue weighted by Gasteiger charge is -2.11. The Hall–Kier alpha value is -3.24. The van der Waals surface area contributed by atoms with E-state index in [1.165, 1.54) is 10.9 Å². The Morgan fingerprint density at radius 3 is 2.58 bits per heavy atom. The summed E-state index contributed by atoms with van der Waals surface area (Å²) in [5.41, 5.74) is 2.41. The summed E-state index contributed by atoms with van der Waals surface area (Å²) in [4.78, 5) is 20.4. The van der Waals surface area contributed by atoms with Gasteiger partial charge in [-0.2, -0.15) is 15.0 Å². The van der Waals surface area contributed by atoms with Crippen molar-refractivity contribution in [2.45, 2.75) is 5.92 Å². The van der Waals surface area contributed by atoms with Crippen molar-refractivity contribution >= 4 is 27.0 Å². The van der Waals surface area contributed by atoms with Gasteiger partial charge < -0.3 is 4.98 Å². The predicted molar refractivity (Wildman–Crippen MR) is 101 cm³/mol. The fourth-order valence-electron chi connectivity index (χ4n) is 2.79. The molecule has 1 atom stereocenters. The Bertz CT molecular complexity index is 1160. The van der Waals surface area contributed by atoms with Crippen molar-refractivity contribution in [2.75, 3.05) is 0 Å². The monoisotopic (exact) mass is 405 g/mol. The van der Waals surface area contributed by atoms with E-state index in [2.05, 4.69) is 37.1 Å². The Balaban J connectivity index is 1.82. The van der Waals surface area contributed by atoms with E-state index in [9.17, 15) is 10.1 Å². The van der Waals surface area contributed by atoms with Gasteiger partial charge in [0.15, 0.2) is 0 Å². The predicted octanol–water partition coefficient (Wildman–Crippen LogP) is 3.53. The van der Waals surface area contributed by atoms with Crippen molar-refractivity contribution in [1.82, 2.24) is 19.7 Å². The number of H-pyrrole nitrogens is 1. The van der Waals surface area contributed by atoms with Crippen LogP contribution < -0.4 is 5.56 Å². The molecule has 0 amide bonds. The second-order valence-corrected chi connectivity index (χ2v) is 6.46. The van der Waals surface area contributed by atoms with Gasteiger partial charge in [0, 0.05) is 5.56 Å². The van der Waals surface area contributed by atoms with Gasteiger partial charge in [0.2, 0.25) is 0 Å². The molecule has 1 N–H and O–H groups in total. The van der Waals surface area contributed by atoms with Crippen LogP contribution in [0.2, 0.25) is 0 Å². The van der Waals surface area contributed by atoms with E-state index in [1.807, 2.05) is 42.5 Å². The number of halogens is 1. The van der Waals surface area contributed by atoms with E-state index in [1.54, 1.807) is 12.1 Å². The number of imidazole rings is 1. The van der Waals surface area contributed by atoms with E-state index in [0.29, 0.717) is 21.5 Å². The molecular formula is C19H12BrN5O. The molecule has 0 saturated heterocycles. The molecule has 0 radical (unpaired) electrons. The lowest BCUT2D eigenvalue weighted by molar-refractivity contribution is 0.775. The standard InChI is InChI=1S/C19H12BrN5O/c20-17-14(11-22-25(19(17)26)12-6-2-1-3-7-12)13(10-21)18-23-15-8-4-5-9-16(15)24-18/h1-9,11,13H,(H,23,24). The molecule has 126 valence electrons. The van der Waals surface area contributed by atoms with Crippen molar-refractivity contribution < 1.29 is 0 Å². The molecule has 0 aliphatic rings. The number of aromatic nitrogens is 4. The minimum absolute atomic E-state index is 0.295. The fourth-order valence-corrected chi connectivity index (χ4v) is 3.29. The van der Waals surface area contributed by atoms with Crippen LogP contribution in [0, 0.1) is 11.3 Å². The van der Waals surface area contributed by atoms with Crippen LogP contribution in [0.4, 0.5) is 0 Å². The zero-order valence-corrected chi connectivity index (χ0v) is 15.0. The number of nitrogens with one attached hydrogen (secondary N) is 1. The van der Waals surface area contributed by atoms with Crippen LogP contribution in [0.3, 0.4) is 0 Å². The van der Waals surface area contributed by atoms with Gasteiger partial charge in [0.25, 0.3) is 5.56 Å². The van der Waals surface area contributed by atoms with Crippen molar-refractivity contribution in [1.29, 1.82) is 5.26 Å². The Kier molecular flexibility index (Phi) is 4.11. The summed E-state index contributed by atoms with van der Waals surface area (Å²) in [5.74, 6) is -0.254. The number of nitriles is 1. The minimum Gasteiger partial charge on any atom is -0.341 e. The lowest BCUT2D eigenvalue weighted by atomic mass is 10.0. The average molecular weight is 406 g/mol. The highest BCUT2D eigenvalue weighted by Crippen LogP contribution is 2.27. The molecule has 2 aromatic heterocycles. The Labute approximate surface area is 156 Å². The number of para-hydroxylation sites is 3. The van der Waals surface area contributed by atoms with Crippen LogP contribution >= 0.6 is 15.9 Å². The lowest BCUT2D eigenvalue weighted by Crippen LogP contribution is -2.24. The fraction of sp³-hybridized carbons (Fsp3) is 0.0526. The van der Waals surface area contributed by atoms with E-state index >= 15 is 0 Å². The van der Waals surface area contributed by atoms with Gasteiger partial charge in [-0.05, 0) is 40.2 Å². The third kappa shape index (κ3) is 2.70. The quantitative estimate of drug-likeness (QED) is 0.564. The van der Waals surface area contributed by atoms with Crippen molar-refractivity contribution in [3.63, 3.8) is 0 Å². The first-order chi connectivity index (χ1) is 12.7. The van der Waals surface area contributed by atoms with Crippen molar-refractivity contribution in [2.24, 2.45) is 0 Å². The van der Waals surface area contributed by atoms with Crippen molar-refractivity contribution in [3.8, 4) is 11.8 Å². The minimum atomic E-state index is -0.734. The van der Waals surface area contributed by atoms with E-state index in [-0.39, 0.29) is 5.56 Å². The van der Waals surface area contributed by atoms with Gasteiger partial charge in [0.1, 0.15) is 11.7 Å². The number of rotatable bonds is 3. The zero-order valence-electron chi connectivity index (χ0n) is 13.4. The van der Waals surface area contributed by atoms with Crippen LogP contribution in [0.5, 0.6) is 0 Å². The highest BCUT2D eigenvalue weighted by atomic mass is 79.9. The molecule has 1 unspecified atom stereocenters. The molecule has 0 spiro atoms. The molecule has 6 nitrogen and oxygen atoms in total. The molecule has 0 fully saturated rings. The molecule has 7 heteroatoms. The summed E-state index contributed by atoms with van der Waals surface area (Å²) in [6.45, 7) is 0. The van der Waals surface area contributed by atoms with E-state index in [4.69, 9.17) is 0 Å². The normalized spacial score (nSPS) is 12.0. The molecule has 26 heavy (non-hydrogen) atoms. The largest absolute Gasteiger partial charge is 0.341 e. The molecular weight excluding hydrogens is 394 g/mol. The molecule has 0 aliphatic carbocycles. The first-order valence-electron chi connectivity index (χ1n) is 7.86. The first kappa shape index (κ1) is 16.2. The smallest absolute Gasteiger partial charge is 0.286 e. The summed E-state index contributed by atoms with van der Waals surface area (Å²) in [7, 11) is 0. The molecule has 4 rings (SSSR count). The number of fused-ring (bicyclic) bond motifs is 1. The SMILES string of the molecule is N#CC(c1nc2ccccc2[nH]1)c1cnn(-c2ccccc2)c(=O)c1Br. The Morgan fingerprint density at radius 1 is 1.12 bits per heavy atom. The number of aromatic amines is 1. The van der Waals surface area contributed by atoms with E-state index < -0.39 is 5.92 Å². The second-order valence-electron chi connectivity index (χ2n) is 5.67. The summed E-state index contributed by atoms with van der Waals surface area (Å²) in [6, 6.07) is 18.9. The third-order valence-electron chi connectivity index (χ3n) is 4.07. The molecule has 2 heterocycles. The molecule has 0 bridgehead atoms. The maximum atomic E-state index is 12.7. The van der Waals surface area contributed by atoms with Gasteiger partial charge in [-0.25, -0.2) is 4.98 Å². The molecule has 2 aromatic carbocycles. The average Bonchev–Trinajstić information content (AvgIpc) is 3.10. The summed E-state index contributed by atoms with van der Waals surface area (Å²) >= 11 is 3.34. The van der Waals surface area contributed by atoms with Crippen LogP contribution in [0.15, 0.2) is 70.1 Å². The van der Waals surface area contributed by atoms with Crippen LogP contribution in [0.1, 0.15) is 17.3 Å². The highest BCUT2D eigenvalue weighted by molar-refractivity contribution is 9.10. The topological polar surface area (TPSA) is 87.4 Å². The highest BCUT2D eigenvalue weighted by Gasteiger charge is 2.23. The zero-order chi connectivity index (χ0) is 18.1. The maximum Gasteiger partial charge on any atom is 0.286 e. The van der Waals surface area contributed by atoms with Gasteiger partial charge in [-0.15, -0.1) is 0 Å². The molecule has 0 aliphatic heterocycles. The number of hydrogen-bond donors (Lipinski definition) is 1. The van der Waals surface area contributed by atoms with Gasteiger partial charge in [-0.3, -0.25) is 4.79 Å². The maximum absolute atomic E-state index is 12.7. The summed E-state index contributed by atoms with van der Waals surface area (Å²) in [6.07, 6.45) is 1.53. The van der Waals surface area contributed by atoms with Gasteiger partial charge in [0.05, 0.1) is 33.5 Å². The van der Waals surface area contributed by atoms with Crippen LogP contribution in [0.25, 0.3) is 16.7 Å². The first-order valence-corrected chi connectivity index (χ1v) is 8.66. The van der Waals surface area contributed by atoms with Gasteiger partial charge >= 0.3 is 0 Å². The third-order valence-corrected chi connectivity index (χ3v) is 4.86. The number of benzene rings is 2. The van der Waals surface area contributed by atoms with Crippen LogP contribution in [-0.2, 0) is 0 Å². The van der Waals surface area contributed by atoms with Crippen molar-refractivity contribution in [3.05, 3.63) is 87.0 Å². The van der Waals surface area contributed by atoms with Gasteiger partial charge in [-0.1, -0.05) is 30.3 Å². The second kappa shape index (κ2) is 6.58. The molecule has 0 saturated carbocycles. The van der Waals surface area contributed by atoms with Crippen LogP contribution in [-0.4, -0.2) is 19.7 Å². The summed E-state index contributed by atoms with van der Waals surface area (Å²) < 4.78 is 1.59. The van der Waals surface area contributed by atoms with E-state index in [0.717, 1.165) is 11.0 Å². The number of nitrogens with zero attached hydrogens (tertiary/aromatic N) is 4. The molecule has 4 aromatic rings. The summed E-state index contributed by atoms with van der Waals surface area (Å²) in [5, 5.41) is 13.9. The number of hydrogen-bond acceptors (Lipinski definition) is 4. The Morgan fingerprint density at radius 2 is 1.85 bits per heavy atom.